The SMILES string of the molecule is CC(C)C1N(C(C)C)CCCC1(C)O. The summed E-state index contributed by atoms with van der Waals surface area (Å²) in [6.45, 7) is 12.0. The number of rotatable bonds is 2. The third kappa shape index (κ3) is 2.29. The van der Waals surface area contributed by atoms with Gasteiger partial charge in [-0.1, -0.05) is 13.8 Å². The van der Waals surface area contributed by atoms with Crippen LogP contribution in [0.2, 0.25) is 0 Å². The molecule has 1 saturated heterocycles. The Bertz CT molecular complexity index is 187. The van der Waals surface area contributed by atoms with Crippen molar-refractivity contribution in [3.63, 3.8) is 0 Å². The first-order valence-electron chi connectivity index (χ1n) is 5.84. The molecule has 14 heavy (non-hydrogen) atoms. The van der Waals surface area contributed by atoms with Gasteiger partial charge in [-0.2, -0.15) is 0 Å². The maximum Gasteiger partial charge on any atom is 0.0777 e. The van der Waals surface area contributed by atoms with Gasteiger partial charge in [0.2, 0.25) is 0 Å². The van der Waals surface area contributed by atoms with Crippen molar-refractivity contribution in [2.45, 2.75) is 65.1 Å². The van der Waals surface area contributed by atoms with E-state index in [9.17, 15) is 5.11 Å². The van der Waals surface area contributed by atoms with Gasteiger partial charge >= 0.3 is 0 Å². The molecule has 1 heterocycles. The molecule has 0 amide bonds. The highest BCUT2D eigenvalue weighted by Crippen LogP contribution is 2.33. The number of likely N-dealkylation sites (tertiary alicyclic amines) is 1. The van der Waals surface area contributed by atoms with Gasteiger partial charge in [0.15, 0.2) is 0 Å². The zero-order chi connectivity index (χ0) is 10.9. The van der Waals surface area contributed by atoms with Crippen LogP contribution in [0.1, 0.15) is 47.5 Å². The highest BCUT2D eigenvalue weighted by atomic mass is 16.3. The van der Waals surface area contributed by atoms with Crippen LogP contribution in [0.5, 0.6) is 0 Å². The third-order valence-corrected chi connectivity index (χ3v) is 3.39. The Hall–Kier alpha value is -0.0800. The van der Waals surface area contributed by atoms with Crippen molar-refractivity contribution in [3.8, 4) is 0 Å². The van der Waals surface area contributed by atoms with E-state index in [1.165, 1.54) is 0 Å². The van der Waals surface area contributed by atoms with Crippen LogP contribution in [0.3, 0.4) is 0 Å². The van der Waals surface area contributed by atoms with E-state index in [0.29, 0.717) is 18.0 Å². The predicted octanol–water partition coefficient (Wildman–Crippen LogP) is 2.27. The minimum Gasteiger partial charge on any atom is -0.389 e. The highest BCUT2D eigenvalue weighted by molar-refractivity contribution is 4.96. The summed E-state index contributed by atoms with van der Waals surface area (Å²) in [6.07, 6.45) is 2.06. The molecule has 0 bridgehead atoms. The summed E-state index contributed by atoms with van der Waals surface area (Å²) in [7, 11) is 0. The maximum absolute atomic E-state index is 10.4. The number of aliphatic hydroxyl groups is 1. The molecule has 2 heteroatoms. The average molecular weight is 199 g/mol. The number of hydrogen-bond acceptors (Lipinski definition) is 2. The molecular formula is C12H25NO. The first-order chi connectivity index (χ1) is 6.36. The Morgan fingerprint density at radius 1 is 1.29 bits per heavy atom. The van der Waals surface area contributed by atoms with Crippen molar-refractivity contribution in [3.05, 3.63) is 0 Å². The molecule has 1 aliphatic rings. The molecule has 0 aromatic carbocycles. The standard InChI is InChI=1S/C12H25NO/c1-9(2)11-12(5,14)7-6-8-13(11)10(3)4/h9-11,14H,6-8H2,1-5H3. The molecule has 0 radical (unpaired) electrons. The first-order valence-corrected chi connectivity index (χ1v) is 5.84. The van der Waals surface area contributed by atoms with Crippen LogP contribution in [0, 0.1) is 5.92 Å². The van der Waals surface area contributed by atoms with Crippen LogP contribution in [-0.4, -0.2) is 34.2 Å². The number of nitrogens with zero attached hydrogens (tertiary/aromatic N) is 1. The number of hydrogen-bond donors (Lipinski definition) is 1. The summed E-state index contributed by atoms with van der Waals surface area (Å²) in [5.74, 6) is 0.521. The van der Waals surface area contributed by atoms with E-state index in [1.807, 2.05) is 6.92 Å². The summed E-state index contributed by atoms with van der Waals surface area (Å²) < 4.78 is 0. The van der Waals surface area contributed by atoms with Crippen molar-refractivity contribution in [1.82, 2.24) is 4.90 Å². The van der Waals surface area contributed by atoms with Crippen LogP contribution in [0.4, 0.5) is 0 Å². The van der Waals surface area contributed by atoms with Gasteiger partial charge in [0.05, 0.1) is 5.60 Å². The van der Waals surface area contributed by atoms with E-state index in [2.05, 4.69) is 32.6 Å². The van der Waals surface area contributed by atoms with E-state index in [-0.39, 0.29) is 0 Å². The third-order valence-electron chi connectivity index (χ3n) is 3.39. The molecule has 1 aliphatic heterocycles. The molecule has 2 unspecified atom stereocenters. The lowest BCUT2D eigenvalue weighted by Gasteiger charge is -2.49. The molecule has 2 nitrogen and oxygen atoms in total. The lowest BCUT2D eigenvalue weighted by molar-refractivity contribution is -0.0951. The molecular weight excluding hydrogens is 174 g/mol. The molecule has 0 aromatic rings. The minimum absolute atomic E-state index is 0.316. The maximum atomic E-state index is 10.4. The Morgan fingerprint density at radius 3 is 2.21 bits per heavy atom. The Kier molecular flexibility index (Phi) is 3.59. The van der Waals surface area contributed by atoms with Gasteiger partial charge in [-0.15, -0.1) is 0 Å². The van der Waals surface area contributed by atoms with Crippen LogP contribution in [-0.2, 0) is 0 Å². The van der Waals surface area contributed by atoms with Crippen LogP contribution in [0.25, 0.3) is 0 Å². The van der Waals surface area contributed by atoms with Gasteiger partial charge in [0, 0.05) is 12.1 Å². The van der Waals surface area contributed by atoms with Crippen molar-refractivity contribution < 1.29 is 5.11 Å². The highest BCUT2D eigenvalue weighted by Gasteiger charge is 2.41. The van der Waals surface area contributed by atoms with Gasteiger partial charge in [0.1, 0.15) is 0 Å². The summed E-state index contributed by atoms with van der Waals surface area (Å²) >= 11 is 0. The van der Waals surface area contributed by atoms with Gasteiger partial charge in [0.25, 0.3) is 0 Å². The van der Waals surface area contributed by atoms with Crippen LogP contribution in [0.15, 0.2) is 0 Å². The average Bonchev–Trinajstić information content (AvgIpc) is 2.00. The molecule has 0 spiro atoms. The first kappa shape index (κ1) is 12.0. The lowest BCUT2D eigenvalue weighted by atomic mass is 9.79. The zero-order valence-electron chi connectivity index (χ0n) is 10.2. The van der Waals surface area contributed by atoms with Crippen molar-refractivity contribution in [2.75, 3.05) is 6.54 Å². The summed E-state index contributed by atoms with van der Waals surface area (Å²) in [5.41, 5.74) is -0.503. The summed E-state index contributed by atoms with van der Waals surface area (Å²) in [6, 6.07) is 0.852. The Morgan fingerprint density at radius 2 is 1.86 bits per heavy atom. The molecule has 0 saturated carbocycles. The van der Waals surface area contributed by atoms with Gasteiger partial charge in [-0.25, -0.2) is 0 Å². The molecule has 1 rings (SSSR count). The van der Waals surface area contributed by atoms with Gasteiger partial charge < -0.3 is 5.11 Å². The van der Waals surface area contributed by atoms with Crippen molar-refractivity contribution in [2.24, 2.45) is 5.92 Å². The van der Waals surface area contributed by atoms with Gasteiger partial charge in [-0.3, -0.25) is 4.90 Å². The fraction of sp³-hybridized carbons (Fsp3) is 1.00. The fourth-order valence-corrected chi connectivity index (χ4v) is 2.94. The largest absolute Gasteiger partial charge is 0.389 e. The van der Waals surface area contributed by atoms with E-state index in [0.717, 1.165) is 19.4 Å². The second-order valence-corrected chi connectivity index (χ2v) is 5.48. The van der Waals surface area contributed by atoms with E-state index < -0.39 is 5.60 Å². The minimum atomic E-state index is -0.503. The molecule has 1 N–H and O–H groups in total. The normalized spacial score (nSPS) is 35.6. The summed E-state index contributed by atoms with van der Waals surface area (Å²) in [4.78, 5) is 2.45. The molecule has 84 valence electrons. The lowest BCUT2D eigenvalue weighted by Crippen LogP contribution is -2.59. The van der Waals surface area contributed by atoms with E-state index in [4.69, 9.17) is 0 Å². The monoisotopic (exact) mass is 199 g/mol. The van der Waals surface area contributed by atoms with Crippen molar-refractivity contribution >= 4 is 0 Å². The smallest absolute Gasteiger partial charge is 0.0777 e. The molecule has 0 aliphatic carbocycles. The van der Waals surface area contributed by atoms with E-state index >= 15 is 0 Å². The molecule has 2 atom stereocenters. The fourth-order valence-electron chi connectivity index (χ4n) is 2.94. The second kappa shape index (κ2) is 4.19. The second-order valence-electron chi connectivity index (χ2n) is 5.48. The Balaban J connectivity index is 2.84. The summed E-state index contributed by atoms with van der Waals surface area (Å²) in [5, 5.41) is 10.4. The van der Waals surface area contributed by atoms with Crippen LogP contribution < -0.4 is 0 Å². The zero-order valence-corrected chi connectivity index (χ0v) is 10.2. The van der Waals surface area contributed by atoms with Gasteiger partial charge in [-0.05, 0) is 46.1 Å². The topological polar surface area (TPSA) is 23.5 Å². The van der Waals surface area contributed by atoms with Crippen molar-refractivity contribution in [1.29, 1.82) is 0 Å². The molecule has 1 fully saturated rings. The quantitative estimate of drug-likeness (QED) is 0.737. The predicted molar refractivity (Wildman–Crippen MR) is 60.3 cm³/mol. The molecule has 0 aromatic heterocycles. The Labute approximate surface area is 88.3 Å². The number of piperidine rings is 1. The van der Waals surface area contributed by atoms with E-state index in [1.54, 1.807) is 0 Å². The van der Waals surface area contributed by atoms with Crippen LogP contribution >= 0.6 is 0 Å².